The second kappa shape index (κ2) is 3.50. The van der Waals surface area contributed by atoms with Crippen LogP contribution in [0.1, 0.15) is 37.3 Å². The molecule has 2 heterocycles. The van der Waals surface area contributed by atoms with Gasteiger partial charge in [0.15, 0.2) is 5.76 Å². The molecule has 0 saturated carbocycles. The van der Waals surface area contributed by atoms with E-state index in [1.165, 1.54) is 19.4 Å². The molecular weight excluding hydrogens is 164 g/mol. The Morgan fingerprint density at radius 3 is 3.08 bits per heavy atom. The second-order valence-corrected chi connectivity index (χ2v) is 3.71. The molecule has 0 N–H and O–H groups in total. The van der Waals surface area contributed by atoms with Crippen molar-refractivity contribution in [2.24, 2.45) is 0 Å². The van der Waals surface area contributed by atoms with Gasteiger partial charge in [0.05, 0.1) is 11.7 Å². The van der Waals surface area contributed by atoms with Crippen molar-refractivity contribution >= 4 is 0 Å². The van der Waals surface area contributed by atoms with E-state index in [9.17, 15) is 0 Å². The Labute approximate surface area is 78.7 Å². The highest BCUT2D eigenvalue weighted by Crippen LogP contribution is 2.30. The van der Waals surface area contributed by atoms with Gasteiger partial charge in [0.1, 0.15) is 0 Å². The number of hydrogen-bond donors (Lipinski definition) is 0. The SMILES string of the molecule is CCc1cc([C@@H]2CCCN2C)on1. The third-order valence-electron chi connectivity index (χ3n) is 2.79. The van der Waals surface area contributed by atoms with E-state index in [4.69, 9.17) is 4.52 Å². The summed E-state index contributed by atoms with van der Waals surface area (Å²) in [5, 5.41) is 4.01. The van der Waals surface area contributed by atoms with Crippen molar-refractivity contribution in [3.63, 3.8) is 0 Å². The summed E-state index contributed by atoms with van der Waals surface area (Å²) in [5.41, 5.74) is 1.07. The quantitative estimate of drug-likeness (QED) is 0.697. The van der Waals surface area contributed by atoms with Gasteiger partial charge in [-0.3, -0.25) is 4.90 Å². The molecule has 1 fully saturated rings. The highest BCUT2D eigenvalue weighted by molar-refractivity contribution is 5.10. The molecule has 0 radical (unpaired) electrons. The van der Waals surface area contributed by atoms with Gasteiger partial charge in [-0.05, 0) is 32.9 Å². The fourth-order valence-corrected chi connectivity index (χ4v) is 1.92. The molecule has 0 bridgehead atoms. The van der Waals surface area contributed by atoms with Crippen LogP contribution in [0.3, 0.4) is 0 Å². The lowest BCUT2D eigenvalue weighted by Crippen LogP contribution is -2.16. The predicted molar refractivity (Wildman–Crippen MR) is 50.5 cm³/mol. The van der Waals surface area contributed by atoms with Gasteiger partial charge < -0.3 is 4.52 Å². The molecule has 3 heteroatoms. The standard InChI is InChI=1S/C10H16N2O/c1-3-8-7-10(13-11-8)9-5-4-6-12(9)2/h7,9H,3-6H2,1-2H3/t9-/m0/s1. The Balaban J connectivity index is 2.15. The lowest BCUT2D eigenvalue weighted by atomic mass is 10.1. The van der Waals surface area contributed by atoms with Crippen LogP contribution >= 0.6 is 0 Å². The van der Waals surface area contributed by atoms with E-state index in [-0.39, 0.29) is 0 Å². The van der Waals surface area contributed by atoms with E-state index in [1.807, 2.05) is 0 Å². The highest BCUT2D eigenvalue weighted by atomic mass is 16.5. The van der Waals surface area contributed by atoms with Crippen molar-refractivity contribution < 1.29 is 4.52 Å². The zero-order valence-electron chi connectivity index (χ0n) is 8.29. The zero-order chi connectivity index (χ0) is 9.26. The molecule has 1 aromatic rings. The molecule has 72 valence electrons. The third-order valence-corrected chi connectivity index (χ3v) is 2.79. The molecule has 2 rings (SSSR count). The third kappa shape index (κ3) is 1.61. The Morgan fingerprint density at radius 1 is 1.69 bits per heavy atom. The van der Waals surface area contributed by atoms with Gasteiger partial charge in [0.25, 0.3) is 0 Å². The maximum atomic E-state index is 5.32. The summed E-state index contributed by atoms with van der Waals surface area (Å²) in [4.78, 5) is 2.33. The topological polar surface area (TPSA) is 29.3 Å². The van der Waals surface area contributed by atoms with Gasteiger partial charge in [-0.1, -0.05) is 12.1 Å². The summed E-state index contributed by atoms with van der Waals surface area (Å²) in [6.07, 6.45) is 3.43. The van der Waals surface area contributed by atoms with Crippen LogP contribution in [0.2, 0.25) is 0 Å². The summed E-state index contributed by atoms with van der Waals surface area (Å²) < 4.78 is 5.32. The molecule has 0 aromatic carbocycles. The van der Waals surface area contributed by atoms with Crippen LogP contribution in [0, 0.1) is 0 Å². The Hall–Kier alpha value is -0.830. The van der Waals surface area contributed by atoms with Crippen LogP contribution in [0.4, 0.5) is 0 Å². The van der Waals surface area contributed by atoms with Crippen molar-refractivity contribution in [2.75, 3.05) is 13.6 Å². The summed E-state index contributed by atoms with van der Waals surface area (Å²) in [5.74, 6) is 1.04. The number of rotatable bonds is 2. The average molecular weight is 180 g/mol. The van der Waals surface area contributed by atoms with Gasteiger partial charge in [0, 0.05) is 6.07 Å². The number of hydrogen-bond acceptors (Lipinski definition) is 3. The largest absolute Gasteiger partial charge is 0.359 e. The van der Waals surface area contributed by atoms with Crippen LogP contribution < -0.4 is 0 Å². The minimum atomic E-state index is 0.466. The summed E-state index contributed by atoms with van der Waals surface area (Å²) in [6, 6.07) is 2.56. The van der Waals surface area contributed by atoms with Gasteiger partial charge in [0.2, 0.25) is 0 Å². The molecule has 1 aliphatic rings. The van der Waals surface area contributed by atoms with E-state index in [1.54, 1.807) is 0 Å². The number of likely N-dealkylation sites (tertiary alicyclic amines) is 1. The summed E-state index contributed by atoms with van der Waals surface area (Å²) in [6.45, 7) is 3.27. The molecule has 0 spiro atoms. The number of aromatic nitrogens is 1. The van der Waals surface area contributed by atoms with E-state index < -0.39 is 0 Å². The molecular formula is C10H16N2O. The van der Waals surface area contributed by atoms with Crippen LogP contribution in [-0.2, 0) is 6.42 Å². The molecule has 13 heavy (non-hydrogen) atoms. The fourth-order valence-electron chi connectivity index (χ4n) is 1.92. The van der Waals surface area contributed by atoms with Crippen LogP contribution in [-0.4, -0.2) is 23.6 Å². The van der Waals surface area contributed by atoms with Crippen molar-refractivity contribution in [3.05, 3.63) is 17.5 Å². The first kappa shape index (κ1) is 8.75. The van der Waals surface area contributed by atoms with Gasteiger partial charge in [-0.2, -0.15) is 0 Å². The monoisotopic (exact) mass is 180 g/mol. The minimum Gasteiger partial charge on any atom is -0.359 e. The Kier molecular flexibility index (Phi) is 2.36. The van der Waals surface area contributed by atoms with Crippen LogP contribution in [0.25, 0.3) is 0 Å². The second-order valence-electron chi connectivity index (χ2n) is 3.71. The van der Waals surface area contributed by atoms with Crippen molar-refractivity contribution in [1.29, 1.82) is 0 Å². The Bertz CT molecular complexity index is 282. The smallest absolute Gasteiger partial charge is 0.154 e. The fraction of sp³-hybridized carbons (Fsp3) is 0.700. The van der Waals surface area contributed by atoms with Crippen LogP contribution in [0.5, 0.6) is 0 Å². The zero-order valence-corrected chi connectivity index (χ0v) is 8.29. The van der Waals surface area contributed by atoms with Crippen LogP contribution in [0.15, 0.2) is 10.6 Å². The average Bonchev–Trinajstić information content (AvgIpc) is 2.71. The number of nitrogens with zero attached hydrogens (tertiary/aromatic N) is 2. The van der Waals surface area contributed by atoms with Crippen molar-refractivity contribution in [3.8, 4) is 0 Å². The van der Waals surface area contributed by atoms with E-state index in [0.29, 0.717) is 6.04 Å². The van der Waals surface area contributed by atoms with E-state index in [0.717, 1.165) is 17.9 Å². The minimum absolute atomic E-state index is 0.466. The van der Waals surface area contributed by atoms with E-state index in [2.05, 4.69) is 30.1 Å². The molecule has 1 atom stereocenters. The molecule has 3 nitrogen and oxygen atoms in total. The van der Waals surface area contributed by atoms with Gasteiger partial charge >= 0.3 is 0 Å². The first-order chi connectivity index (χ1) is 6.31. The van der Waals surface area contributed by atoms with Crippen molar-refractivity contribution in [1.82, 2.24) is 10.1 Å². The predicted octanol–water partition coefficient (Wildman–Crippen LogP) is 2.00. The lowest BCUT2D eigenvalue weighted by molar-refractivity contribution is 0.251. The molecule has 1 aliphatic heterocycles. The summed E-state index contributed by atoms with van der Waals surface area (Å²) >= 11 is 0. The maximum Gasteiger partial charge on any atom is 0.154 e. The highest BCUT2D eigenvalue weighted by Gasteiger charge is 2.25. The Morgan fingerprint density at radius 2 is 2.54 bits per heavy atom. The maximum absolute atomic E-state index is 5.32. The molecule has 1 aromatic heterocycles. The number of aryl methyl sites for hydroxylation is 1. The van der Waals surface area contributed by atoms with Gasteiger partial charge in [-0.25, -0.2) is 0 Å². The molecule has 0 amide bonds. The summed E-state index contributed by atoms with van der Waals surface area (Å²) in [7, 11) is 2.14. The van der Waals surface area contributed by atoms with Gasteiger partial charge in [-0.15, -0.1) is 0 Å². The molecule has 0 aliphatic carbocycles. The normalized spacial score (nSPS) is 24.0. The lowest BCUT2D eigenvalue weighted by Gasteiger charge is -2.15. The van der Waals surface area contributed by atoms with Crippen molar-refractivity contribution in [2.45, 2.75) is 32.2 Å². The molecule has 0 unspecified atom stereocenters. The first-order valence-corrected chi connectivity index (χ1v) is 4.97. The van der Waals surface area contributed by atoms with E-state index >= 15 is 0 Å². The first-order valence-electron chi connectivity index (χ1n) is 4.97. The molecule has 1 saturated heterocycles.